The molecule has 104 valence electrons. The summed E-state index contributed by atoms with van der Waals surface area (Å²) in [4.78, 5) is 12.2. The highest BCUT2D eigenvalue weighted by Gasteiger charge is 2.36. The Labute approximate surface area is 115 Å². The van der Waals surface area contributed by atoms with E-state index in [0.717, 1.165) is 6.07 Å². The standard InChI is InChI=1S/C12H15ClFN3O2/c1-3-12(2,10(15)17-19)11(18)16-9-5-4-7(14)6-8(9)13/h4-6,19H,3H2,1-2H3,(H2,15,17)(H,16,18). The predicted molar refractivity (Wildman–Crippen MR) is 71.8 cm³/mol. The number of hydrogen-bond acceptors (Lipinski definition) is 3. The van der Waals surface area contributed by atoms with Crippen molar-refractivity contribution in [1.29, 1.82) is 0 Å². The van der Waals surface area contributed by atoms with E-state index in [9.17, 15) is 9.18 Å². The van der Waals surface area contributed by atoms with Crippen LogP contribution in [0, 0.1) is 11.2 Å². The van der Waals surface area contributed by atoms with Crippen LogP contribution in [0.2, 0.25) is 5.02 Å². The summed E-state index contributed by atoms with van der Waals surface area (Å²) < 4.78 is 12.9. The van der Waals surface area contributed by atoms with E-state index in [1.807, 2.05) is 0 Å². The number of carbonyl (C=O) groups excluding carboxylic acids is 1. The van der Waals surface area contributed by atoms with E-state index < -0.39 is 17.1 Å². The van der Waals surface area contributed by atoms with Crippen LogP contribution >= 0.6 is 11.6 Å². The molecule has 7 heteroatoms. The summed E-state index contributed by atoms with van der Waals surface area (Å²) >= 11 is 5.81. The minimum atomic E-state index is -1.17. The Balaban J connectivity index is 3.01. The molecule has 0 heterocycles. The number of rotatable bonds is 4. The maximum Gasteiger partial charge on any atom is 0.238 e. The summed E-state index contributed by atoms with van der Waals surface area (Å²) in [5.74, 6) is -1.19. The number of oxime groups is 1. The summed E-state index contributed by atoms with van der Waals surface area (Å²) in [6, 6.07) is 3.61. The van der Waals surface area contributed by atoms with Gasteiger partial charge in [-0.1, -0.05) is 23.7 Å². The number of amidine groups is 1. The Bertz CT molecular complexity index is 522. The maximum atomic E-state index is 12.9. The minimum Gasteiger partial charge on any atom is -0.409 e. The van der Waals surface area contributed by atoms with Gasteiger partial charge in [-0.3, -0.25) is 4.79 Å². The van der Waals surface area contributed by atoms with Crippen molar-refractivity contribution >= 4 is 29.0 Å². The Hall–Kier alpha value is -1.82. The lowest BCUT2D eigenvalue weighted by Crippen LogP contribution is -2.44. The molecule has 0 aliphatic rings. The lowest BCUT2D eigenvalue weighted by molar-refractivity contribution is -0.121. The van der Waals surface area contributed by atoms with Gasteiger partial charge in [-0.15, -0.1) is 0 Å². The summed E-state index contributed by atoms with van der Waals surface area (Å²) in [7, 11) is 0. The van der Waals surface area contributed by atoms with Crippen molar-refractivity contribution in [2.45, 2.75) is 20.3 Å². The van der Waals surface area contributed by atoms with Crippen LogP contribution in [0.25, 0.3) is 0 Å². The van der Waals surface area contributed by atoms with Crippen molar-refractivity contribution in [3.05, 3.63) is 29.0 Å². The number of nitrogens with two attached hydrogens (primary N) is 1. The number of nitrogens with zero attached hydrogens (tertiary/aromatic N) is 1. The predicted octanol–water partition coefficient (Wildman–Crippen LogP) is 2.58. The van der Waals surface area contributed by atoms with Crippen molar-refractivity contribution in [1.82, 2.24) is 0 Å². The topological polar surface area (TPSA) is 87.7 Å². The summed E-state index contributed by atoms with van der Waals surface area (Å²) in [5, 5.41) is 14.2. The molecular formula is C12H15ClFN3O2. The van der Waals surface area contributed by atoms with Crippen LogP contribution in [-0.2, 0) is 4.79 Å². The number of amides is 1. The maximum absolute atomic E-state index is 12.9. The van der Waals surface area contributed by atoms with Gasteiger partial charge in [-0.05, 0) is 31.5 Å². The van der Waals surface area contributed by atoms with Crippen molar-refractivity contribution in [2.24, 2.45) is 16.3 Å². The van der Waals surface area contributed by atoms with Crippen LogP contribution in [-0.4, -0.2) is 17.0 Å². The first-order chi connectivity index (χ1) is 8.85. The zero-order valence-electron chi connectivity index (χ0n) is 10.6. The molecule has 5 nitrogen and oxygen atoms in total. The molecule has 0 fully saturated rings. The van der Waals surface area contributed by atoms with Crippen LogP contribution in [0.3, 0.4) is 0 Å². The monoisotopic (exact) mass is 287 g/mol. The van der Waals surface area contributed by atoms with E-state index in [1.165, 1.54) is 19.1 Å². The first-order valence-corrected chi connectivity index (χ1v) is 5.97. The Morgan fingerprint density at radius 2 is 2.26 bits per heavy atom. The van der Waals surface area contributed by atoms with E-state index in [-0.39, 0.29) is 16.5 Å². The molecule has 1 atom stereocenters. The van der Waals surface area contributed by atoms with Crippen molar-refractivity contribution in [2.75, 3.05) is 5.32 Å². The first-order valence-electron chi connectivity index (χ1n) is 5.59. The number of nitrogens with one attached hydrogen (secondary N) is 1. The van der Waals surface area contributed by atoms with Gasteiger partial charge in [0.25, 0.3) is 0 Å². The molecule has 0 spiro atoms. The number of benzene rings is 1. The average Bonchev–Trinajstić information content (AvgIpc) is 2.39. The number of halogens is 2. The van der Waals surface area contributed by atoms with Gasteiger partial charge in [-0.2, -0.15) is 0 Å². The van der Waals surface area contributed by atoms with E-state index in [0.29, 0.717) is 6.42 Å². The van der Waals surface area contributed by atoms with Gasteiger partial charge in [0, 0.05) is 0 Å². The van der Waals surface area contributed by atoms with Crippen molar-refractivity contribution < 1.29 is 14.4 Å². The van der Waals surface area contributed by atoms with Gasteiger partial charge in [0.05, 0.1) is 10.7 Å². The molecule has 19 heavy (non-hydrogen) atoms. The Morgan fingerprint density at radius 3 is 2.74 bits per heavy atom. The van der Waals surface area contributed by atoms with Gasteiger partial charge < -0.3 is 16.3 Å². The lowest BCUT2D eigenvalue weighted by Gasteiger charge is -2.25. The molecule has 0 saturated carbocycles. The molecule has 0 saturated heterocycles. The molecule has 1 aromatic rings. The average molecular weight is 288 g/mol. The fourth-order valence-corrected chi connectivity index (χ4v) is 1.63. The second-order valence-corrected chi connectivity index (χ2v) is 4.66. The number of carbonyl (C=O) groups is 1. The van der Waals surface area contributed by atoms with Crippen LogP contribution in [0.1, 0.15) is 20.3 Å². The van der Waals surface area contributed by atoms with Crippen molar-refractivity contribution in [3.8, 4) is 0 Å². The van der Waals surface area contributed by atoms with Crippen LogP contribution < -0.4 is 11.1 Å². The largest absolute Gasteiger partial charge is 0.409 e. The molecule has 1 unspecified atom stereocenters. The third kappa shape index (κ3) is 3.14. The zero-order chi connectivity index (χ0) is 14.6. The highest BCUT2D eigenvalue weighted by molar-refractivity contribution is 6.34. The summed E-state index contributed by atoms with van der Waals surface area (Å²) in [6.45, 7) is 3.26. The number of hydrogen-bond donors (Lipinski definition) is 3. The van der Waals surface area contributed by atoms with Crippen LogP contribution in [0.4, 0.5) is 10.1 Å². The highest BCUT2D eigenvalue weighted by atomic mass is 35.5. The molecule has 0 aromatic heterocycles. The first kappa shape index (κ1) is 15.2. The van der Waals surface area contributed by atoms with E-state index in [1.54, 1.807) is 6.92 Å². The molecular weight excluding hydrogens is 273 g/mol. The second-order valence-electron chi connectivity index (χ2n) is 4.25. The van der Waals surface area contributed by atoms with Gasteiger partial charge in [0.15, 0.2) is 5.84 Å². The smallest absolute Gasteiger partial charge is 0.238 e. The molecule has 4 N–H and O–H groups in total. The normalized spacial score (nSPS) is 14.8. The third-order valence-electron chi connectivity index (χ3n) is 3.06. The minimum absolute atomic E-state index is 0.0753. The van der Waals surface area contributed by atoms with E-state index in [4.69, 9.17) is 22.5 Å². The fraction of sp³-hybridized carbons (Fsp3) is 0.333. The van der Waals surface area contributed by atoms with Gasteiger partial charge in [0.2, 0.25) is 5.91 Å². The SMILES string of the molecule is CCC(C)(C(=O)Nc1ccc(F)cc1Cl)/C(N)=N/O. The fourth-order valence-electron chi connectivity index (χ4n) is 1.42. The van der Waals surface area contributed by atoms with Crippen LogP contribution in [0.5, 0.6) is 0 Å². The molecule has 0 aliphatic carbocycles. The molecule has 0 aliphatic heterocycles. The van der Waals surface area contributed by atoms with Crippen LogP contribution in [0.15, 0.2) is 23.4 Å². The second kappa shape index (κ2) is 5.88. The Morgan fingerprint density at radius 1 is 1.63 bits per heavy atom. The lowest BCUT2D eigenvalue weighted by atomic mass is 9.85. The van der Waals surface area contributed by atoms with Crippen molar-refractivity contribution in [3.63, 3.8) is 0 Å². The summed E-state index contributed by atoms with van der Waals surface area (Å²) in [5.41, 5.74) is 4.61. The molecule has 1 aromatic carbocycles. The number of anilines is 1. The van der Waals surface area contributed by atoms with Gasteiger partial charge in [0.1, 0.15) is 11.2 Å². The molecule has 1 amide bonds. The van der Waals surface area contributed by atoms with E-state index >= 15 is 0 Å². The van der Waals surface area contributed by atoms with E-state index in [2.05, 4.69) is 10.5 Å². The van der Waals surface area contributed by atoms with Gasteiger partial charge >= 0.3 is 0 Å². The summed E-state index contributed by atoms with van der Waals surface area (Å²) in [6.07, 6.45) is 0.327. The zero-order valence-corrected chi connectivity index (χ0v) is 11.3. The Kier molecular flexibility index (Phi) is 4.72. The molecule has 0 radical (unpaired) electrons. The molecule has 1 rings (SSSR count). The quantitative estimate of drug-likeness (QED) is 0.344. The van der Waals surface area contributed by atoms with Gasteiger partial charge in [-0.25, -0.2) is 4.39 Å². The highest BCUT2D eigenvalue weighted by Crippen LogP contribution is 2.27. The third-order valence-corrected chi connectivity index (χ3v) is 3.37. The molecule has 0 bridgehead atoms.